The SMILES string of the molecule is O=C1CN(C(=O)NCc2cccc(Cl)c2)C(C(=O)O)CN1. The number of nitrogens with one attached hydrogen (secondary N) is 2. The maximum absolute atomic E-state index is 12.1. The number of nitrogens with zero attached hydrogens (tertiary/aromatic N) is 1. The van der Waals surface area contributed by atoms with Crippen molar-refractivity contribution < 1.29 is 19.5 Å². The molecule has 112 valence electrons. The molecule has 7 nitrogen and oxygen atoms in total. The van der Waals surface area contributed by atoms with Gasteiger partial charge in [0.05, 0.1) is 0 Å². The minimum absolute atomic E-state index is 0.0985. The van der Waals surface area contributed by atoms with E-state index in [1.54, 1.807) is 24.3 Å². The van der Waals surface area contributed by atoms with Crippen LogP contribution >= 0.6 is 11.6 Å². The Kier molecular flexibility index (Phi) is 4.64. The maximum atomic E-state index is 12.1. The van der Waals surface area contributed by atoms with E-state index in [2.05, 4.69) is 10.6 Å². The number of carboxylic acids is 1. The van der Waals surface area contributed by atoms with Crippen molar-refractivity contribution in [3.63, 3.8) is 0 Å². The second-order valence-corrected chi connectivity index (χ2v) is 5.01. The zero-order valence-corrected chi connectivity index (χ0v) is 11.8. The first kappa shape index (κ1) is 15.1. The largest absolute Gasteiger partial charge is 0.480 e. The standard InChI is InChI=1S/C13H14ClN3O4/c14-9-3-1-2-8(4-9)5-16-13(21)17-7-11(18)15-6-10(17)12(19)20/h1-4,10H,5-7H2,(H,15,18)(H,16,21)(H,19,20). The van der Waals surface area contributed by atoms with Crippen LogP contribution in [0.3, 0.4) is 0 Å². The first-order valence-corrected chi connectivity index (χ1v) is 6.63. The van der Waals surface area contributed by atoms with E-state index in [0.29, 0.717) is 5.02 Å². The number of hydrogen-bond acceptors (Lipinski definition) is 3. The number of benzene rings is 1. The van der Waals surface area contributed by atoms with Crippen molar-refractivity contribution in [1.82, 2.24) is 15.5 Å². The topological polar surface area (TPSA) is 98.7 Å². The number of hydrogen-bond donors (Lipinski definition) is 3. The predicted octanol–water partition coefficient (Wildman–Crippen LogP) is 0.435. The second kappa shape index (κ2) is 6.45. The van der Waals surface area contributed by atoms with Crippen LogP contribution < -0.4 is 10.6 Å². The van der Waals surface area contributed by atoms with Crippen molar-refractivity contribution in [1.29, 1.82) is 0 Å². The molecule has 21 heavy (non-hydrogen) atoms. The molecule has 1 aromatic carbocycles. The van der Waals surface area contributed by atoms with Gasteiger partial charge in [-0.15, -0.1) is 0 Å². The Balaban J connectivity index is 2.00. The molecule has 0 aromatic heterocycles. The Bertz CT molecular complexity index is 578. The van der Waals surface area contributed by atoms with E-state index in [-0.39, 0.29) is 25.5 Å². The molecule has 1 unspecified atom stereocenters. The van der Waals surface area contributed by atoms with Gasteiger partial charge in [-0.3, -0.25) is 9.69 Å². The summed E-state index contributed by atoms with van der Waals surface area (Å²) < 4.78 is 0. The molecule has 3 N–H and O–H groups in total. The molecule has 1 saturated heterocycles. The molecule has 0 saturated carbocycles. The maximum Gasteiger partial charge on any atom is 0.328 e. The Morgan fingerprint density at radius 1 is 1.48 bits per heavy atom. The smallest absolute Gasteiger partial charge is 0.328 e. The number of piperazine rings is 1. The number of carbonyl (C=O) groups excluding carboxylic acids is 2. The Hall–Kier alpha value is -2.28. The lowest BCUT2D eigenvalue weighted by Gasteiger charge is -2.32. The highest BCUT2D eigenvalue weighted by molar-refractivity contribution is 6.30. The summed E-state index contributed by atoms with van der Waals surface area (Å²) in [5, 5.41) is 14.6. The molecule has 1 fully saturated rings. The first-order valence-electron chi connectivity index (χ1n) is 6.26. The Morgan fingerprint density at radius 2 is 2.24 bits per heavy atom. The van der Waals surface area contributed by atoms with E-state index in [1.165, 1.54) is 0 Å². The third kappa shape index (κ3) is 3.85. The number of amides is 3. The molecule has 1 aromatic rings. The molecule has 1 heterocycles. The van der Waals surface area contributed by atoms with Gasteiger partial charge in [0, 0.05) is 18.1 Å². The molecule has 8 heteroatoms. The zero-order chi connectivity index (χ0) is 15.4. The minimum atomic E-state index is -1.16. The Labute approximate surface area is 125 Å². The van der Waals surface area contributed by atoms with Crippen LogP contribution in [0.15, 0.2) is 24.3 Å². The molecule has 3 amide bonds. The van der Waals surface area contributed by atoms with Crippen molar-refractivity contribution in [2.75, 3.05) is 13.1 Å². The fourth-order valence-electron chi connectivity index (χ4n) is 2.00. The zero-order valence-electron chi connectivity index (χ0n) is 11.0. The summed E-state index contributed by atoms with van der Waals surface area (Å²) in [6.45, 7) is -0.180. The van der Waals surface area contributed by atoms with Gasteiger partial charge in [-0.25, -0.2) is 9.59 Å². The third-order valence-corrected chi connectivity index (χ3v) is 3.30. The van der Waals surface area contributed by atoms with Gasteiger partial charge in [-0.1, -0.05) is 23.7 Å². The highest BCUT2D eigenvalue weighted by Crippen LogP contribution is 2.11. The van der Waals surface area contributed by atoms with Gasteiger partial charge in [0.25, 0.3) is 0 Å². The second-order valence-electron chi connectivity index (χ2n) is 4.57. The molecule has 1 aliphatic heterocycles. The number of halogens is 1. The predicted molar refractivity (Wildman–Crippen MR) is 74.8 cm³/mol. The average Bonchev–Trinajstić information content (AvgIpc) is 2.44. The number of urea groups is 1. The van der Waals surface area contributed by atoms with Crippen molar-refractivity contribution >= 4 is 29.5 Å². The molecule has 0 bridgehead atoms. The van der Waals surface area contributed by atoms with Crippen LogP contribution in [0.2, 0.25) is 5.02 Å². The van der Waals surface area contributed by atoms with E-state index in [4.69, 9.17) is 16.7 Å². The van der Waals surface area contributed by atoms with Crippen LogP contribution in [0.5, 0.6) is 0 Å². The van der Waals surface area contributed by atoms with Crippen molar-refractivity contribution in [2.24, 2.45) is 0 Å². The number of carboxylic acid groups (broad SMARTS) is 1. The minimum Gasteiger partial charge on any atom is -0.480 e. The third-order valence-electron chi connectivity index (χ3n) is 3.06. The van der Waals surface area contributed by atoms with Gasteiger partial charge < -0.3 is 15.7 Å². The average molecular weight is 312 g/mol. The lowest BCUT2D eigenvalue weighted by Crippen LogP contribution is -2.61. The van der Waals surface area contributed by atoms with Crippen LogP contribution in [-0.4, -0.2) is 47.0 Å². The van der Waals surface area contributed by atoms with Crippen LogP contribution in [0.4, 0.5) is 4.79 Å². The molecule has 1 aliphatic rings. The van der Waals surface area contributed by atoms with E-state index in [1.807, 2.05) is 0 Å². The van der Waals surface area contributed by atoms with E-state index < -0.39 is 18.0 Å². The van der Waals surface area contributed by atoms with Gasteiger partial charge in [0.1, 0.15) is 12.6 Å². The fraction of sp³-hybridized carbons (Fsp3) is 0.308. The molecule has 0 radical (unpaired) electrons. The summed E-state index contributed by atoms with van der Waals surface area (Å²) in [5.41, 5.74) is 0.782. The summed E-state index contributed by atoms with van der Waals surface area (Å²) in [5.74, 6) is -1.54. The summed E-state index contributed by atoms with van der Waals surface area (Å²) in [6.07, 6.45) is 0. The molecule has 0 spiro atoms. The summed E-state index contributed by atoms with van der Waals surface area (Å²) in [7, 11) is 0. The normalized spacial score (nSPS) is 18.0. The number of aliphatic carboxylic acids is 1. The lowest BCUT2D eigenvalue weighted by atomic mass is 10.2. The lowest BCUT2D eigenvalue weighted by molar-refractivity contribution is -0.144. The Morgan fingerprint density at radius 3 is 2.90 bits per heavy atom. The van der Waals surface area contributed by atoms with Crippen LogP contribution in [-0.2, 0) is 16.1 Å². The molecule has 0 aliphatic carbocycles. The summed E-state index contributed by atoms with van der Waals surface area (Å²) in [6, 6.07) is 5.27. The molecule has 1 atom stereocenters. The van der Waals surface area contributed by atoms with Gasteiger partial charge in [0.15, 0.2) is 0 Å². The van der Waals surface area contributed by atoms with Crippen LogP contribution in [0.25, 0.3) is 0 Å². The number of rotatable bonds is 3. The van der Waals surface area contributed by atoms with Gasteiger partial charge in [-0.05, 0) is 17.7 Å². The molecule has 2 rings (SSSR count). The van der Waals surface area contributed by atoms with Crippen LogP contribution in [0.1, 0.15) is 5.56 Å². The van der Waals surface area contributed by atoms with Gasteiger partial charge in [-0.2, -0.15) is 0 Å². The van der Waals surface area contributed by atoms with Crippen molar-refractivity contribution in [2.45, 2.75) is 12.6 Å². The van der Waals surface area contributed by atoms with E-state index >= 15 is 0 Å². The van der Waals surface area contributed by atoms with Crippen molar-refractivity contribution in [3.05, 3.63) is 34.9 Å². The molecular formula is C13H14ClN3O4. The highest BCUT2D eigenvalue weighted by Gasteiger charge is 2.35. The first-order chi connectivity index (χ1) is 9.97. The number of carbonyl (C=O) groups is 3. The summed E-state index contributed by atoms with van der Waals surface area (Å²) in [4.78, 5) is 35.5. The summed E-state index contributed by atoms with van der Waals surface area (Å²) >= 11 is 5.84. The van der Waals surface area contributed by atoms with E-state index in [0.717, 1.165) is 10.5 Å². The quantitative estimate of drug-likeness (QED) is 0.754. The van der Waals surface area contributed by atoms with Gasteiger partial charge >= 0.3 is 12.0 Å². The van der Waals surface area contributed by atoms with Crippen molar-refractivity contribution in [3.8, 4) is 0 Å². The fourth-order valence-corrected chi connectivity index (χ4v) is 2.21. The van der Waals surface area contributed by atoms with Gasteiger partial charge in [0.2, 0.25) is 5.91 Å². The van der Waals surface area contributed by atoms with Crippen LogP contribution in [0, 0.1) is 0 Å². The van der Waals surface area contributed by atoms with E-state index in [9.17, 15) is 14.4 Å². The monoisotopic (exact) mass is 311 g/mol. The molecular weight excluding hydrogens is 298 g/mol. The highest BCUT2D eigenvalue weighted by atomic mass is 35.5.